The SMILES string of the molecule is CCCCN(C)c1cc(C)nc(N(C)C2CCS(=O)(=O)C2)n1. The molecule has 22 heavy (non-hydrogen) atoms. The molecule has 0 aromatic carbocycles. The standard InChI is InChI=1S/C15H26N4O2S/c1-5-6-8-18(3)14-10-12(2)16-15(17-14)19(4)13-7-9-22(20,21)11-13/h10,13H,5-9,11H2,1-4H3. The molecule has 1 aromatic heterocycles. The van der Waals surface area contributed by atoms with Crippen LogP contribution in [0.5, 0.6) is 0 Å². The number of sulfone groups is 1. The first kappa shape index (κ1) is 17.0. The van der Waals surface area contributed by atoms with Crippen molar-refractivity contribution in [3.05, 3.63) is 11.8 Å². The molecule has 2 heterocycles. The minimum absolute atomic E-state index is 0.0272. The molecule has 2 rings (SSSR count). The first-order chi connectivity index (χ1) is 10.3. The minimum atomic E-state index is -2.90. The van der Waals surface area contributed by atoms with E-state index in [9.17, 15) is 8.42 Å². The summed E-state index contributed by atoms with van der Waals surface area (Å²) in [5, 5.41) is 0. The second-order valence-corrected chi connectivity index (χ2v) is 8.34. The van der Waals surface area contributed by atoms with Crippen LogP contribution in [-0.2, 0) is 9.84 Å². The Morgan fingerprint density at radius 3 is 2.64 bits per heavy atom. The van der Waals surface area contributed by atoms with E-state index in [1.807, 2.05) is 32.0 Å². The van der Waals surface area contributed by atoms with E-state index in [4.69, 9.17) is 0 Å². The molecule has 0 radical (unpaired) electrons. The van der Waals surface area contributed by atoms with Crippen LogP contribution in [-0.4, -0.2) is 56.6 Å². The van der Waals surface area contributed by atoms with Crippen LogP contribution < -0.4 is 9.80 Å². The molecule has 1 unspecified atom stereocenters. The van der Waals surface area contributed by atoms with Gasteiger partial charge in [0.2, 0.25) is 5.95 Å². The summed E-state index contributed by atoms with van der Waals surface area (Å²) in [7, 11) is 1.01. The summed E-state index contributed by atoms with van der Waals surface area (Å²) in [4.78, 5) is 13.1. The highest BCUT2D eigenvalue weighted by Gasteiger charge is 2.32. The Morgan fingerprint density at radius 2 is 2.05 bits per heavy atom. The van der Waals surface area contributed by atoms with Gasteiger partial charge in [-0.05, 0) is 19.8 Å². The molecule has 0 bridgehead atoms. The topological polar surface area (TPSA) is 66.4 Å². The van der Waals surface area contributed by atoms with Gasteiger partial charge in [0, 0.05) is 38.4 Å². The lowest BCUT2D eigenvalue weighted by Crippen LogP contribution is -2.34. The van der Waals surface area contributed by atoms with Crippen molar-refractivity contribution in [2.45, 2.75) is 39.2 Å². The predicted molar refractivity (Wildman–Crippen MR) is 90.4 cm³/mol. The van der Waals surface area contributed by atoms with Gasteiger partial charge in [0.25, 0.3) is 0 Å². The van der Waals surface area contributed by atoms with Gasteiger partial charge < -0.3 is 9.80 Å². The van der Waals surface area contributed by atoms with Gasteiger partial charge in [-0.3, -0.25) is 0 Å². The monoisotopic (exact) mass is 326 g/mol. The van der Waals surface area contributed by atoms with E-state index in [1.165, 1.54) is 0 Å². The molecule has 1 fully saturated rings. The van der Waals surface area contributed by atoms with Gasteiger partial charge >= 0.3 is 0 Å². The molecule has 124 valence electrons. The first-order valence-corrected chi connectivity index (χ1v) is 9.64. The molecule has 7 heteroatoms. The molecule has 1 aliphatic rings. The van der Waals surface area contributed by atoms with E-state index in [2.05, 4.69) is 21.8 Å². The fraction of sp³-hybridized carbons (Fsp3) is 0.733. The van der Waals surface area contributed by atoms with Crippen molar-refractivity contribution in [3.8, 4) is 0 Å². The molecule has 0 amide bonds. The first-order valence-electron chi connectivity index (χ1n) is 7.82. The zero-order chi connectivity index (χ0) is 16.3. The third-order valence-corrected chi connectivity index (χ3v) is 5.89. The summed E-state index contributed by atoms with van der Waals surface area (Å²) < 4.78 is 23.3. The maximum Gasteiger partial charge on any atom is 0.227 e. The maximum atomic E-state index is 11.7. The van der Waals surface area contributed by atoms with Crippen LogP contribution in [0.25, 0.3) is 0 Å². The highest BCUT2D eigenvalue weighted by atomic mass is 32.2. The van der Waals surface area contributed by atoms with Crippen LogP contribution in [0.2, 0.25) is 0 Å². The molecule has 6 nitrogen and oxygen atoms in total. The zero-order valence-corrected chi connectivity index (χ0v) is 14.7. The van der Waals surface area contributed by atoms with Gasteiger partial charge in [0.15, 0.2) is 9.84 Å². The minimum Gasteiger partial charge on any atom is -0.360 e. The molecule has 1 aromatic rings. The van der Waals surface area contributed by atoms with E-state index >= 15 is 0 Å². The Bertz CT molecular complexity index is 618. The zero-order valence-electron chi connectivity index (χ0n) is 13.9. The van der Waals surface area contributed by atoms with Crippen LogP contribution in [0.15, 0.2) is 6.07 Å². The lowest BCUT2D eigenvalue weighted by molar-refractivity contribution is 0.600. The smallest absolute Gasteiger partial charge is 0.227 e. The van der Waals surface area contributed by atoms with E-state index in [-0.39, 0.29) is 17.5 Å². The number of hydrogen-bond donors (Lipinski definition) is 0. The lowest BCUT2D eigenvalue weighted by atomic mass is 10.2. The van der Waals surface area contributed by atoms with Crippen LogP contribution in [0.4, 0.5) is 11.8 Å². The number of aromatic nitrogens is 2. The van der Waals surface area contributed by atoms with Crippen molar-refractivity contribution in [1.29, 1.82) is 0 Å². The Kier molecular flexibility index (Phi) is 5.26. The Labute approximate surface area is 133 Å². The molecule has 0 N–H and O–H groups in total. The number of rotatable bonds is 6. The quantitative estimate of drug-likeness (QED) is 0.792. The summed E-state index contributed by atoms with van der Waals surface area (Å²) in [6.45, 7) is 5.06. The molecule has 1 atom stereocenters. The second kappa shape index (κ2) is 6.81. The Morgan fingerprint density at radius 1 is 1.32 bits per heavy atom. The van der Waals surface area contributed by atoms with Crippen molar-refractivity contribution in [3.63, 3.8) is 0 Å². The third-order valence-electron chi connectivity index (χ3n) is 4.14. The van der Waals surface area contributed by atoms with Gasteiger partial charge in [-0.15, -0.1) is 0 Å². The second-order valence-electron chi connectivity index (χ2n) is 6.11. The molecular weight excluding hydrogens is 300 g/mol. The summed E-state index contributed by atoms with van der Waals surface area (Å²) in [5.41, 5.74) is 0.899. The third kappa shape index (κ3) is 4.09. The van der Waals surface area contributed by atoms with Crippen molar-refractivity contribution in [2.24, 2.45) is 0 Å². The average molecular weight is 326 g/mol. The van der Waals surface area contributed by atoms with E-state index in [1.54, 1.807) is 0 Å². The van der Waals surface area contributed by atoms with Crippen LogP contribution in [0.3, 0.4) is 0 Å². The summed E-state index contributed by atoms with van der Waals surface area (Å²) >= 11 is 0. The van der Waals surface area contributed by atoms with Gasteiger partial charge in [-0.25, -0.2) is 13.4 Å². The van der Waals surface area contributed by atoms with Gasteiger partial charge in [-0.1, -0.05) is 13.3 Å². The number of nitrogens with zero attached hydrogens (tertiary/aromatic N) is 4. The van der Waals surface area contributed by atoms with Crippen molar-refractivity contribution in [1.82, 2.24) is 9.97 Å². The van der Waals surface area contributed by atoms with Crippen molar-refractivity contribution < 1.29 is 8.42 Å². The van der Waals surface area contributed by atoms with Gasteiger partial charge in [0.05, 0.1) is 11.5 Å². The summed E-state index contributed by atoms with van der Waals surface area (Å²) in [6, 6.07) is 1.94. The van der Waals surface area contributed by atoms with Crippen LogP contribution >= 0.6 is 0 Å². The fourth-order valence-electron chi connectivity index (χ4n) is 2.64. The number of hydrogen-bond acceptors (Lipinski definition) is 6. The number of aryl methyl sites for hydroxylation is 1. The van der Waals surface area contributed by atoms with E-state index in [0.29, 0.717) is 12.4 Å². The summed E-state index contributed by atoms with van der Waals surface area (Å²) in [5.74, 6) is 1.96. The normalized spacial score (nSPS) is 20.1. The molecule has 0 spiro atoms. The predicted octanol–water partition coefficient (Wildman–Crippen LogP) is 1.64. The molecule has 0 saturated carbocycles. The van der Waals surface area contributed by atoms with Crippen LogP contribution in [0.1, 0.15) is 31.9 Å². The van der Waals surface area contributed by atoms with E-state index in [0.717, 1.165) is 30.9 Å². The fourth-order valence-corrected chi connectivity index (χ4v) is 4.42. The largest absolute Gasteiger partial charge is 0.360 e. The van der Waals surface area contributed by atoms with Gasteiger partial charge in [0.1, 0.15) is 5.82 Å². The lowest BCUT2D eigenvalue weighted by Gasteiger charge is -2.25. The molecule has 1 aliphatic heterocycles. The molecule has 1 saturated heterocycles. The average Bonchev–Trinajstić information content (AvgIpc) is 2.83. The highest BCUT2D eigenvalue weighted by Crippen LogP contribution is 2.22. The van der Waals surface area contributed by atoms with Crippen molar-refractivity contribution >= 4 is 21.6 Å². The maximum absolute atomic E-state index is 11.7. The number of unbranched alkanes of at least 4 members (excludes halogenated alkanes) is 1. The van der Waals surface area contributed by atoms with Crippen molar-refractivity contribution in [2.75, 3.05) is 41.9 Å². The molecule has 0 aliphatic carbocycles. The van der Waals surface area contributed by atoms with E-state index < -0.39 is 9.84 Å². The molecular formula is C15H26N4O2S. The van der Waals surface area contributed by atoms with Crippen LogP contribution in [0, 0.1) is 6.92 Å². The van der Waals surface area contributed by atoms with Gasteiger partial charge in [-0.2, -0.15) is 4.98 Å². The Balaban J connectivity index is 2.18. The summed E-state index contributed by atoms with van der Waals surface area (Å²) in [6.07, 6.45) is 2.91. The number of anilines is 2. The Hall–Kier alpha value is -1.37. The highest BCUT2D eigenvalue weighted by molar-refractivity contribution is 7.91.